The van der Waals surface area contributed by atoms with Crippen LogP contribution in [0.3, 0.4) is 0 Å². The first kappa shape index (κ1) is 36.0. The summed E-state index contributed by atoms with van der Waals surface area (Å²) in [4.78, 5) is 44.3. The van der Waals surface area contributed by atoms with Crippen molar-refractivity contribution in [1.29, 1.82) is 0 Å². The molecule has 1 spiro atoms. The van der Waals surface area contributed by atoms with E-state index in [-0.39, 0.29) is 24.0 Å². The second-order valence-electron chi connectivity index (χ2n) is 15.4. The number of carbonyl (C=O) groups is 2. The first-order chi connectivity index (χ1) is 26.2. The fourth-order valence-electron chi connectivity index (χ4n) is 8.01. The van der Waals surface area contributed by atoms with Crippen LogP contribution in [-0.4, -0.2) is 89.5 Å². The SMILES string of the molecule is COCCO[C@H]1C[C@@H](c2ncc(-c3ccc(-c4ccc5cc(-c6cnc([C@@H]7CC8(CC8)CN7)[nH]6)ccc5c4)cc3)[nH]2)N(C(=O)[C@@H](NC(=O)OC)C(C)C)C1. The lowest BCUT2D eigenvalue weighted by Gasteiger charge is -2.29. The Morgan fingerprint density at radius 2 is 1.52 bits per heavy atom. The summed E-state index contributed by atoms with van der Waals surface area (Å²) in [6.45, 7) is 6.15. The van der Waals surface area contributed by atoms with Gasteiger partial charge >= 0.3 is 6.09 Å². The summed E-state index contributed by atoms with van der Waals surface area (Å²) < 4.78 is 16.0. The number of benzene rings is 3. The Morgan fingerprint density at radius 1 is 0.870 bits per heavy atom. The number of hydrogen-bond acceptors (Lipinski definition) is 8. The summed E-state index contributed by atoms with van der Waals surface area (Å²) in [5.74, 6) is 1.35. The van der Waals surface area contributed by atoms with Crippen molar-refractivity contribution in [1.82, 2.24) is 35.5 Å². The number of H-pyrrole nitrogens is 2. The number of nitrogens with zero attached hydrogens (tertiary/aromatic N) is 3. The van der Waals surface area contributed by atoms with Gasteiger partial charge in [0, 0.05) is 32.2 Å². The van der Waals surface area contributed by atoms with Gasteiger partial charge in [-0.1, -0.05) is 62.4 Å². The minimum absolute atomic E-state index is 0.152. The second-order valence-corrected chi connectivity index (χ2v) is 15.4. The number of imidazole rings is 2. The number of aromatic amines is 2. The molecule has 3 aromatic carbocycles. The van der Waals surface area contributed by atoms with Crippen molar-refractivity contribution in [3.05, 3.63) is 84.7 Å². The average molecular weight is 732 g/mol. The molecule has 0 bridgehead atoms. The molecule has 12 heteroatoms. The van der Waals surface area contributed by atoms with Crippen LogP contribution in [0, 0.1) is 11.3 Å². The summed E-state index contributed by atoms with van der Waals surface area (Å²) in [7, 11) is 2.92. The second kappa shape index (κ2) is 15.0. The molecule has 4 atom stereocenters. The van der Waals surface area contributed by atoms with Crippen LogP contribution in [0.2, 0.25) is 0 Å². The van der Waals surface area contributed by atoms with E-state index in [9.17, 15) is 9.59 Å². The van der Waals surface area contributed by atoms with Crippen LogP contribution in [-0.2, 0) is 19.0 Å². The van der Waals surface area contributed by atoms with Gasteiger partial charge in [-0.3, -0.25) is 4.79 Å². The van der Waals surface area contributed by atoms with E-state index in [0.717, 1.165) is 46.0 Å². The van der Waals surface area contributed by atoms with Gasteiger partial charge in [-0.05, 0) is 70.2 Å². The smallest absolute Gasteiger partial charge is 0.407 e. The van der Waals surface area contributed by atoms with Crippen molar-refractivity contribution in [2.75, 3.05) is 40.5 Å². The third-order valence-electron chi connectivity index (χ3n) is 11.4. The zero-order chi connectivity index (χ0) is 37.4. The molecule has 2 saturated heterocycles. The summed E-state index contributed by atoms with van der Waals surface area (Å²) >= 11 is 0. The number of rotatable bonds is 12. The van der Waals surface area contributed by atoms with Gasteiger partial charge in [0.25, 0.3) is 0 Å². The Bertz CT molecular complexity index is 2120. The lowest BCUT2D eigenvalue weighted by Crippen LogP contribution is -2.51. The monoisotopic (exact) mass is 731 g/mol. The van der Waals surface area contributed by atoms with E-state index < -0.39 is 12.1 Å². The number of nitrogens with one attached hydrogen (secondary N) is 4. The van der Waals surface area contributed by atoms with Crippen molar-refractivity contribution in [3.8, 4) is 33.6 Å². The summed E-state index contributed by atoms with van der Waals surface area (Å²) in [5.41, 5.74) is 6.79. The van der Waals surface area contributed by atoms with Crippen molar-refractivity contribution in [2.45, 2.75) is 63.8 Å². The normalized spacial score (nSPS) is 20.9. The maximum absolute atomic E-state index is 13.9. The van der Waals surface area contributed by atoms with Gasteiger partial charge in [0.15, 0.2) is 0 Å². The molecule has 1 aliphatic carbocycles. The number of hydrogen-bond donors (Lipinski definition) is 4. The Kier molecular flexibility index (Phi) is 9.99. The standard InChI is InChI=1S/C42H49N7O5/c1-25(2)37(48-41(51)53-4)40(50)49-23-32(54-16-15-52-3)19-36(49)39-44-21-34(47-39)27-7-5-26(6-8-27)28-9-10-30-18-31(12-11-29(30)17-28)35-22-43-38(46-35)33-20-42(13-14-42)24-45-33/h5-12,17-18,21-22,25,32-33,36-37,45H,13-16,19-20,23-24H2,1-4H3,(H,43,46)(H,44,47)(H,48,51)/t32-,33-,36-,37-/m0/s1. The largest absolute Gasteiger partial charge is 0.453 e. The van der Waals surface area contributed by atoms with Crippen LogP contribution < -0.4 is 10.6 Å². The van der Waals surface area contributed by atoms with E-state index in [1.807, 2.05) is 26.2 Å². The van der Waals surface area contributed by atoms with Crippen molar-refractivity contribution in [2.24, 2.45) is 11.3 Å². The molecule has 3 aliphatic rings. The van der Waals surface area contributed by atoms with E-state index in [4.69, 9.17) is 24.2 Å². The highest BCUT2D eigenvalue weighted by atomic mass is 16.5. The molecule has 4 N–H and O–H groups in total. The molecule has 8 rings (SSSR count). The molecule has 2 amide bonds. The predicted octanol–water partition coefficient (Wildman–Crippen LogP) is 6.79. The number of carbonyl (C=O) groups excluding carboxylic acids is 2. The number of fused-ring (bicyclic) bond motifs is 1. The highest BCUT2D eigenvalue weighted by Crippen LogP contribution is 2.54. The van der Waals surface area contributed by atoms with Crippen LogP contribution in [0.5, 0.6) is 0 Å². The summed E-state index contributed by atoms with van der Waals surface area (Å²) in [6, 6.07) is 20.8. The van der Waals surface area contributed by atoms with Crippen molar-refractivity contribution in [3.63, 3.8) is 0 Å². The zero-order valence-electron chi connectivity index (χ0n) is 31.4. The summed E-state index contributed by atoms with van der Waals surface area (Å²) in [5, 5.41) is 8.73. The van der Waals surface area contributed by atoms with Crippen LogP contribution in [0.4, 0.5) is 4.79 Å². The fraction of sp³-hybridized carbons (Fsp3) is 0.429. The number of ether oxygens (including phenoxy) is 3. The summed E-state index contributed by atoms with van der Waals surface area (Å²) in [6.07, 6.45) is 7.34. The van der Waals surface area contributed by atoms with E-state index in [1.165, 1.54) is 37.1 Å². The molecular formula is C42H49N7O5. The molecular weight excluding hydrogens is 683 g/mol. The number of alkyl carbamates (subject to hydrolysis) is 1. The van der Waals surface area contributed by atoms with E-state index in [1.54, 1.807) is 12.0 Å². The van der Waals surface area contributed by atoms with Gasteiger partial charge < -0.3 is 39.7 Å². The number of aromatic nitrogens is 4. The van der Waals surface area contributed by atoms with E-state index in [2.05, 4.69) is 81.3 Å². The van der Waals surface area contributed by atoms with Gasteiger partial charge in [-0.2, -0.15) is 0 Å². The van der Waals surface area contributed by atoms with Gasteiger partial charge in [-0.15, -0.1) is 0 Å². The first-order valence-corrected chi connectivity index (χ1v) is 19.0. The predicted molar refractivity (Wildman–Crippen MR) is 206 cm³/mol. The quantitative estimate of drug-likeness (QED) is 0.103. The minimum Gasteiger partial charge on any atom is -0.453 e. The first-order valence-electron chi connectivity index (χ1n) is 19.0. The Morgan fingerprint density at radius 3 is 2.20 bits per heavy atom. The van der Waals surface area contributed by atoms with Crippen LogP contribution >= 0.6 is 0 Å². The van der Waals surface area contributed by atoms with Crippen LogP contribution in [0.1, 0.15) is 63.3 Å². The van der Waals surface area contributed by atoms with Gasteiger partial charge in [0.2, 0.25) is 5.91 Å². The number of methoxy groups -OCH3 is 2. The van der Waals surface area contributed by atoms with Gasteiger partial charge in [0.05, 0.1) is 62.3 Å². The van der Waals surface area contributed by atoms with Crippen LogP contribution in [0.25, 0.3) is 44.4 Å². The molecule has 282 valence electrons. The Hall–Kier alpha value is -5.04. The molecule has 1 saturated carbocycles. The maximum Gasteiger partial charge on any atom is 0.407 e. The fourth-order valence-corrected chi connectivity index (χ4v) is 8.01. The highest BCUT2D eigenvalue weighted by Gasteiger charge is 2.49. The molecule has 0 radical (unpaired) electrons. The molecule has 4 heterocycles. The molecule has 2 aromatic heterocycles. The van der Waals surface area contributed by atoms with Crippen molar-refractivity contribution < 1.29 is 23.8 Å². The third-order valence-corrected chi connectivity index (χ3v) is 11.4. The Labute approximate surface area is 315 Å². The molecule has 12 nitrogen and oxygen atoms in total. The van der Waals surface area contributed by atoms with Gasteiger partial charge in [0.1, 0.15) is 17.7 Å². The topological polar surface area (TPSA) is 146 Å². The molecule has 2 aliphatic heterocycles. The van der Waals surface area contributed by atoms with Crippen molar-refractivity contribution >= 4 is 22.8 Å². The maximum atomic E-state index is 13.9. The lowest BCUT2D eigenvalue weighted by molar-refractivity contribution is -0.136. The molecule has 0 unspecified atom stereocenters. The minimum atomic E-state index is -0.754. The zero-order valence-corrected chi connectivity index (χ0v) is 31.4. The molecule has 3 fully saturated rings. The van der Waals surface area contributed by atoms with E-state index in [0.29, 0.717) is 43.5 Å². The van der Waals surface area contributed by atoms with Gasteiger partial charge in [-0.25, -0.2) is 14.8 Å². The lowest BCUT2D eigenvalue weighted by atomic mass is 9.98. The van der Waals surface area contributed by atoms with Crippen LogP contribution in [0.15, 0.2) is 73.1 Å². The average Bonchev–Trinajstić information content (AvgIpc) is 3.70. The molecule has 54 heavy (non-hydrogen) atoms. The third kappa shape index (κ3) is 7.38. The van der Waals surface area contributed by atoms with E-state index >= 15 is 0 Å². The molecule has 5 aromatic rings. The number of amides is 2. The Balaban J connectivity index is 0.967. The number of likely N-dealkylation sites (tertiary alicyclic amines) is 1. The highest BCUT2D eigenvalue weighted by molar-refractivity contribution is 5.90.